The smallest absolute Gasteiger partial charge is 0.336 e. The number of ether oxygens (including phenoxy) is 1. The monoisotopic (exact) mass is 363 g/mol. The second-order valence-electron chi connectivity index (χ2n) is 5.17. The molecule has 24 heavy (non-hydrogen) atoms. The Hall–Kier alpha value is -1.90. The fourth-order valence-corrected chi connectivity index (χ4v) is 3.96. The molecule has 0 saturated carbocycles. The van der Waals surface area contributed by atoms with E-state index in [1.165, 1.54) is 11.3 Å². The minimum absolute atomic E-state index is 0.331. The van der Waals surface area contributed by atoms with E-state index in [4.69, 9.17) is 9.15 Å². The second kappa shape index (κ2) is 7.78. The van der Waals surface area contributed by atoms with Crippen LogP contribution >= 0.6 is 23.1 Å². The van der Waals surface area contributed by atoms with Gasteiger partial charge in [0, 0.05) is 30.9 Å². The topological polar surface area (TPSA) is 77.2 Å². The molecule has 0 unspecified atom stereocenters. The minimum atomic E-state index is -0.331. The number of fused-ring (bicyclic) bond motifs is 1. The Bertz CT molecular complexity index is 892. The predicted octanol–water partition coefficient (Wildman–Crippen LogP) is 3.30. The highest BCUT2D eigenvalue weighted by Gasteiger charge is 2.09. The van der Waals surface area contributed by atoms with E-state index in [1.54, 1.807) is 24.9 Å². The maximum atomic E-state index is 11.8. The lowest BCUT2D eigenvalue weighted by molar-refractivity contribution is 0.211. The van der Waals surface area contributed by atoms with Crippen molar-refractivity contribution in [2.75, 3.05) is 25.6 Å². The molecule has 126 valence electrons. The summed E-state index contributed by atoms with van der Waals surface area (Å²) in [5.74, 6) is 0.637. The molecule has 1 N–H and O–H groups in total. The van der Waals surface area contributed by atoms with E-state index in [0.717, 1.165) is 26.0 Å². The molecule has 0 aliphatic carbocycles. The molecule has 8 heteroatoms. The van der Waals surface area contributed by atoms with Gasteiger partial charge in [-0.2, -0.15) is 0 Å². The van der Waals surface area contributed by atoms with Crippen molar-refractivity contribution in [3.63, 3.8) is 0 Å². The standard InChI is InChI=1S/C16H17N3O3S2/c1-10-3-4-12-11(8-14(20)22-13(12)7-10)9-23-16-19-18-15(24-16)17-5-6-21-2/h3-4,7-8H,5-6,9H2,1-2H3,(H,17,18). The lowest BCUT2D eigenvalue weighted by Crippen LogP contribution is -2.06. The van der Waals surface area contributed by atoms with Crippen molar-refractivity contribution in [2.45, 2.75) is 17.0 Å². The van der Waals surface area contributed by atoms with Gasteiger partial charge in [-0.15, -0.1) is 10.2 Å². The Morgan fingerprint density at radius 2 is 2.21 bits per heavy atom. The summed E-state index contributed by atoms with van der Waals surface area (Å²) in [4.78, 5) is 11.8. The fourth-order valence-electron chi connectivity index (χ4n) is 2.20. The first-order valence-corrected chi connectivity index (χ1v) is 9.18. The Kier molecular flexibility index (Phi) is 5.49. The average molecular weight is 363 g/mol. The van der Waals surface area contributed by atoms with Gasteiger partial charge in [-0.25, -0.2) is 4.79 Å². The molecule has 0 spiro atoms. The van der Waals surface area contributed by atoms with Crippen LogP contribution in [0.5, 0.6) is 0 Å². The summed E-state index contributed by atoms with van der Waals surface area (Å²) in [5, 5.41) is 13.1. The van der Waals surface area contributed by atoms with Gasteiger partial charge in [0.1, 0.15) is 5.58 Å². The van der Waals surface area contributed by atoms with Crippen LogP contribution in [0.4, 0.5) is 5.13 Å². The highest BCUT2D eigenvalue weighted by molar-refractivity contribution is 8.00. The van der Waals surface area contributed by atoms with Crippen LogP contribution in [0.1, 0.15) is 11.1 Å². The van der Waals surface area contributed by atoms with Gasteiger partial charge in [0.2, 0.25) is 5.13 Å². The second-order valence-corrected chi connectivity index (χ2v) is 7.37. The number of thioether (sulfide) groups is 1. The molecule has 0 aliphatic heterocycles. The summed E-state index contributed by atoms with van der Waals surface area (Å²) >= 11 is 3.04. The zero-order valence-electron chi connectivity index (χ0n) is 13.4. The van der Waals surface area contributed by atoms with Crippen LogP contribution in [0.15, 0.2) is 37.8 Å². The molecule has 3 rings (SSSR count). The van der Waals surface area contributed by atoms with Crippen molar-refractivity contribution in [2.24, 2.45) is 0 Å². The number of rotatable bonds is 7. The van der Waals surface area contributed by atoms with Gasteiger partial charge in [-0.3, -0.25) is 0 Å². The third-order valence-corrected chi connectivity index (χ3v) is 5.39. The van der Waals surface area contributed by atoms with Crippen LogP contribution in [-0.4, -0.2) is 30.5 Å². The maximum Gasteiger partial charge on any atom is 0.336 e. The third-order valence-electron chi connectivity index (χ3n) is 3.33. The van der Waals surface area contributed by atoms with E-state index in [-0.39, 0.29) is 5.63 Å². The van der Waals surface area contributed by atoms with Crippen LogP contribution in [-0.2, 0) is 10.5 Å². The summed E-state index contributed by atoms with van der Waals surface area (Å²) < 4.78 is 11.1. The van der Waals surface area contributed by atoms with Crippen LogP contribution in [0, 0.1) is 6.92 Å². The Morgan fingerprint density at radius 1 is 1.33 bits per heavy atom. The molecule has 2 aromatic heterocycles. The number of nitrogens with one attached hydrogen (secondary N) is 1. The van der Waals surface area contributed by atoms with Gasteiger partial charge in [0.05, 0.1) is 6.61 Å². The van der Waals surface area contributed by atoms with E-state index in [9.17, 15) is 4.79 Å². The van der Waals surface area contributed by atoms with Gasteiger partial charge >= 0.3 is 5.63 Å². The van der Waals surface area contributed by atoms with Crippen LogP contribution in [0.25, 0.3) is 11.0 Å². The van der Waals surface area contributed by atoms with Crippen LogP contribution in [0.3, 0.4) is 0 Å². The number of aryl methyl sites for hydroxylation is 1. The molecule has 0 fully saturated rings. The summed E-state index contributed by atoms with van der Waals surface area (Å²) in [6, 6.07) is 7.43. The summed E-state index contributed by atoms with van der Waals surface area (Å²) in [6.07, 6.45) is 0. The van der Waals surface area contributed by atoms with E-state index in [2.05, 4.69) is 15.5 Å². The number of aromatic nitrogens is 2. The lowest BCUT2D eigenvalue weighted by Gasteiger charge is -2.04. The molecule has 0 saturated heterocycles. The maximum absolute atomic E-state index is 11.8. The number of methoxy groups -OCH3 is 1. The van der Waals surface area contributed by atoms with Crippen molar-refractivity contribution in [1.82, 2.24) is 10.2 Å². The molecular weight excluding hydrogens is 346 g/mol. The van der Waals surface area contributed by atoms with Crippen molar-refractivity contribution in [1.29, 1.82) is 0 Å². The average Bonchev–Trinajstić information content (AvgIpc) is 3.00. The molecule has 0 amide bonds. The number of anilines is 1. The molecule has 3 aromatic rings. The molecule has 0 radical (unpaired) electrons. The van der Waals surface area contributed by atoms with Gasteiger partial charge in [0.15, 0.2) is 4.34 Å². The number of hydrogen-bond donors (Lipinski definition) is 1. The largest absolute Gasteiger partial charge is 0.423 e. The summed E-state index contributed by atoms with van der Waals surface area (Å²) in [6.45, 7) is 3.28. The van der Waals surface area contributed by atoms with Gasteiger partial charge < -0.3 is 14.5 Å². The number of hydrogen-bond acceptors (Lipinski definition) is 8. The molecule has 0 atom stereocenters. The van der Waals surface area contributed by atoms with Crippen LogP contribution < -0.4 is 10.9 Å². The van der Waals surface area contributed by atoms with Crippen molar-refractivity contribution in [3.8, 4) is 0 Å². The summed E-state index contributed by atoms with van der Waals surface area (Å²) in [5.41, 5.74) is 2.29. The normalized spacial score (nSPS) is 11.1. The SMILES string of the molecule is COCCNc1nnc(SCc2cc(=O)oc3cc(C)ccc23)s1. The zero-order chi connectivity index (χ0) is 16.9. The quantitative estimate of drug-likeness (QED) is 0.392. The number of benzene rings is 1. The van der Waals surface area contributed by atoms with Crippen molar-refractivity contribution >= 4 is 39.2 Å². The zero-order valence-corrected chi connectivity index (χ0v) is 15.0. The number of nitrogens with zero attached hydrogens (tertiary/aromatic N) is 2. The van der Waals surface area contributed by atoms with Gasteiger partial charge in [-0.05, 0) is 24.1 Å². The fraction of sp³-hybridized carbons (Fsp3) is 0.312. The highest BCUT2D eigenvalue weighted by atomic mass is 32.2. The molecule has 0 aliphatic rings. The lowest BCUT2D eigenvalue weighted by atomic mass is 10.1. The predicted molar refractivity (Wildman–Crippen MR) is 97.1 cm³/mol. The van der Waals surface area contributed by atoms with E-state index in [1.807, 2.05) is 25.1 Å². The Labute approximate surface area is 147 Å². The third kappa shape index (κ3) is 4.14. The van der Waals surface area contributed by atoms with Crippen LogP contribution in [0.2, 0.25) is 0 Å². The van der Waals surface area contributed by atoms with E-state index in [0.29, 0.717) is 24.5 Å². The Morgan fingerprint density at radius 3 is 3.04 bits per heavy atom. The highest BCUT2D eigenvalue weighted by Crippen LogP contribution is 2.30. The van der Waals surface area contributed by atoms with Gasteiger partial charge in [0.25, 0.3) is 0 Å². The first-order chi connectivity index (χ1) is 11.7. The molecule has 1 aromatic carbocycles. The van der Waals surface area contributed by atoms with Crippen molar-refractivity contribution < 1.29 is 9.15 Å². The molecule has 0 bridgehead atoms. The van der Waals surface area contributed by atoms with Gasteiger partial charge in [-0.1, -0.05) is 35.2 Å². The van der Waals surface area contributed by atoms with E-state index >= 15 is 0 Å². The van der Waals surface area contributed by atoms with E-state index < -0.39 is 0 Å². The molecule has 6 nitrogen and oxygen atoms in total. The first-order valence-electron chi connectivity index (χ1n) is 7.38. The Balaban J connectivity index is 1.73. The van der Waals surface area contributed by atoms with Crippen molar-refractivity contribution in [3.05, 3.63) is 45.8 Å². The first kappa shape index (κ1) is 16.9. The molecular formula is C16H17N3O3S2. The molecule has 2 heterocycles. The minimum Gasteiger partial charge on any atom is -0.423 e. The summed E-state index contributed by atoms with van der Waals surface area (Å²) in [7, 11) is 1.66.